The average molecular weight is 479 g/mol. The molecule has 0 fully saturated rings. The van der Waals surface area contributed by atoms with Gasteiger partial charge in [0.25, 0.3) is 0 Å². The molecule has 8 nitrogen and oxygen atoms in total. The molecule has 0 saturated carbocycles. The third kappa shape index (κ3) is 8.14. The van der Waals surface area contributed by atoms with Gasteiger partial charge in [-0.25, -0.2) is 4.79 Å². The molecule has 0 aliphatic heterocycles. The predicted octanol–water partition coefficient (Wildman–Crippen LogP) is 3.93. The highest BCUT2D eigenvalue weighted by Crippen LogP contribution is 2.26. The molecule has 2 unspecified atom stereocenters. The number of nitriles is 1. The van der Waals surface area contributed by atoms with Crippen LogP contribution in [-0.4, -0.2) is 41.0 Å². The van der Waals surface area contributed by atoms with Gasteiger partial charge in [-0.05, 0) is 58.2 Å². The van der Waals surface area contributed by atoms with Gasteiger partial charge in [0, 0.05) is 6.54 Å². The van der Waals surface area contributed by atoms with Crippen molar-refractivity contribution in [3.63, 3.8) is 0 Å². The highest BCUT2D eigenvalue weighted by molar-refractivity contribution is 5.92. The van der Waals surface area contributed by atoms with Crippen molar-refractivity contribution in [2.24, 2.45) is 0 Å². The van der Waals surface area contributed by atoms with E-state index in [4.69, 9.17) is 4.74 Å². The quantitative estimate of drug-likeness (QED) is 0.559. The van der Waals surface area contributed by atoms with Gasteiger partial charge in [-0.15, -0.1) is 0 Å². The number of hydrogen-bond donors (Lipinski definition) is 2. The second-order valence-electron chi connectivity index (χ2n) is 9.46. The zero-order valence-corrected chi connectivity index (χ0v) is 21.2. The van der Waals surface area contributed by atoms with Gasteiger partial charge in [-0.3, -0.25) is 9.59 Å². The minimum atomic E-state index is -1.06. The van der Waals surface area contributed by atoms with Gasteiger partial charge in [0.2, 0.25) is 11.8 Å². The number of hydrogen-bond acceptors (Lipinski definition) is 5. The molecule has 0 aliphatic rings. The first-order valence-corrected chi connectivity index (χ1v) is 11.5. The second kappa shape index (κ2) is 12.0. The Morgan fingerprint density at radius 3 is 2.34 bits per heavy atom. The highest BCUT2D eigenvalue weighted by atomic mass is 16.6. The molecule has 2 rings (SSSR count). The van der Waals surface area contributed by atoms with Crippen LogP contribution in [0.1, 0.15) is 56.0 Å². The van der Waals surface area contributed by atoms with Crippen molar-refractivity contribution in [2.75, 3.05) is 6.54 Å². The fourth-order valence-electron chi connectivity index (χ4n) is 3.55. The number of alkyl carbamates (subject to hydrolysis) is 1. The van der Waals surface area contributed by atoms with Crippen molar-refractivity contribution < 1.29 is 19.1 Å². The SMILES string of the molecule is Cc1ccc(C)c(C(C(=O)NCc2ccccc2)N(CC#N)C(=O)C(C)NC(=O)OC(C)(C)C)c1. The minimum absolute atomic E-state index is 0.265. The maximum atomic E-state index is 13.5. The monoisotopic (exact) mass is 478 g/mol. The third-order valence-corrected chi connectivity index (χ3v) is 5.23. The number of benzene rings is 2. The van der Waals surface area contributed by atoms with Gasteiger partial charge in [0.1, 0.15) is 24.2 Å². The van der Waals surface area contributed by atoms with E-state index in [0.717, 1.165) is 16.7 Å². The summed E-state index contributed by atoms with van der Waals surface area (Å²) in [4.78, 5) is 40.4. The molecule has 8 heteroatoms. The smallest absolute Gasteiger partial charge is 0.408 e. The molecule has 0 bridgehead atoms. The van der Waals surface area contributed by atoms with Crippen molar-refractivity contribution in [2.45, 2.75) is 65.8 Å². The van der Waals surface area contributed by atoms with Crippen LogP contribution in [0.2, 0.25) is 0 Å². The van der Waals surface area contributed by atoms with E-state index < -0.39 is 35.6 Å². The Morgan fingerprint density at radius 1 is 1.09 bits per heavy atom. The van der Waals surface area contributed by atoms with E-state index >= 15 is 0 Å². The number of nitrogens with one attached hydrogen (secondary N) is 2. The Kier molecular flexibility index (Phi) is 9.41. The van der Waals surface area contributed by atoms with E-state index in [2.05, 4.69) is 10.6 Å². The second-order valence-corrected chi connectivity index (χ2v) is 9.46. The molecular weight excluding hydrogens is 444 g/mol. The highest BCUT2D eigenvalue weighted by Gasteiger charge is 2.35. The third-order valence-electron chi connectivity index (χ3n) is 5.23. The number of amides is 3. The Morgan fingerprint density at radius 2 is 1.74 bits per heavy atom. The lowest BCUT2D eigenvalue weighted by Gasteiger charge is -2.32. The van der Waals surface area contributed by atoms with Crippen molar-refractivity contribution in [3.8, 4) is 6.07 Å². The van der Waals surface area contributed by atoms with Crippen molar-refractivity contribution >= 4 is 17.9 Å². The molecule has 0 aliphatic carbocycles. The van der Waals surface area contributed by atoms with E-state index in [1.807, 2.05) is 68.4 Å². The molecule has 2 aromatic carbocycles. The van der Waals surface area contributed by atoms with Crippen LogP contribution in [0, 0.1) is 25.2 Å². The average Bonchev–Trinajstić information content (AvgIpc) is 2.78. The molecule has 35 heavy (non-hydrogen) atoms. The summed E-state index contributed by atoms with van der Waals surface area (Å²) in [6, 6.07) is 14.9. The first-order valence-electron chi connectivity index (χ1n) is 11.5. The Bertz CT molecular complexity index is 1090. The summed E-state index contributed by atoms with van der Waals surface area (Å²) < 4.78 is 5.25. The molecule has 0 radical (unpaired) electrons. The Balaban J connectivity index is 2.38. The number of carbonyl (C=O) groups excluding carboxylic acids is 3. The molecule has 0 heterocycles. The lowest BCUT2D eigenvalue weighted by atomic mass is 9.96. The largest absolute Gasteiger partial charge is 0.444 e. The van der Waals surface area contributed by atoms with Gasteiger partial charge >= 0.3 is 6.09 Å². The summed E-state index contributed by atoms with van der Waals surface area (Å²) in [7, 11) is 0. The summed E-state index contributed by atoms with van der Waals surface area (Å²) in [6.07, 6.45) is -0.757. The van der Waals surface area contributed by atoms with Crippen molar-refractivity contribution in [1.82, 2.24) is 15.5 Å². The normalized spacial score (nSPS) is 12.6. The number of carbonyl (C=O) groups is 3. The van der Waals surface area contributed by atoms with E-state index in [1.165, 1.54) is 11.8 Å². The first kappa shape index (κ1) is 27.4. The number of aryl methyl sites for hydroxylation is 2. The maximum absolute atomic E-state index is 13.5. The fraction of sp³-hybridized carbons (Fsp3) is 0.407. The summed E-state index contributed by atoms with van der Waals surface area (Å²) in [5.41, 5.74) is 2.49. The van der Waals surface area contributed by atoms with Crippen LogP contribution in [0.3, 0.4) is 0 Å². The molecular formula is C27H34N4O4. The zero-order valence-electron chi connectivity index (χ0n) is 21.2. The van der Waals surface area contributed by atoms with Crippen LogP contribution in [-0.2, 0) is 20.9 Å². The molecule has 0 saturated heterocycles. The predicted molar refractivity (Wildman–Crippen MR) is 133 cm³/mol. The van der Waals surface area contributed by atoms with E-state index in [1.54, 1.807) is 20.8 Å². The van der Waals surface area contributed by atoms with Crippen LogP contribution in [0.25, 0.3) is 0 Å². The summed E-state index contributed by atoms with van der Waals surface area (Å²) in [6.45, 7) is 10.3. The lowest BCUT2D eigenvalue weighted by Crippen LogP contribution is -2.52. The minimum Gasteiger partial charge on any atom is -0.444 e. The molecule has 3 amide bonds. The standard InChI is InChI=1S/C27H34N4O4/c1-18-12-13-19(2)22(16-18)23(24(32)29-17-21-10-8-7-9-11-21)31(15-14-28)25(33)20(3)30-26(34)35-27(4,5)6/h7-13,16,20,23H,15,17H2,1-6H3,(H,29,32)(H,30,34). The number of rotatable bonds is 8. The Hall–Kier alpha value is -3.86. The van der Waals surface area contributed by atoms with Gasteiger partial charge in [0.15, 0.2) is 0 Å². The fourth-order valence-corrected chi connectivity index (χ4v) is 3.55. The van der Waals surface area contributed by atoms with Gasteiger partial charge in [0.05, 0.1) is 6.07 Å². The maximum Gasteiger partial charge on any atom is 0.408 e. The Labute approximate surface area is 207 Å². The molecule has 2 atom stereocenters. The van der Waals surface area contributed by atoms with Crippen LogP contribution in [0.5, 0.6) is 0 Å². The molecule has 0 aromatic heterocycles. The number of ether oxygens (including phenoxy) is 1. The van der Waals surface area contributed by atoms with E-state index in [-0.39, 0.29) is 13.1 Å². The van der Waals surface area contributed by atoms with Gasteiger partial charge in [-0.2, -0.15) is 5.26 Å². The van der Waals surface area contributed by atoms with E-state index in [0.29, 0.717) is 5.56 Å². The van der Waals surface area contributed by atoms with Crippen molar-refractivity contribution in [1.29, 1.82) is 5.26 Å². The van der Waals surface area contributed by atoms with Gasteiger partial charge < -0.3 is 20.3 Å². The van der Waals surface area contributed by atoms with Crippen LogP contribution >= 0.6 is 0 Å². The number of nitrogens with zero attached hydrogens (tertiary/aromatic N) is 2. The van der Waals surface area contributed by atoms with Crippen LogP contribution < -0.4 is 10.6 Å². The molecule has 186 valence electrons. The summed E-state index contributed by atoms with van der Waals surface area (Å²) in [5, 5.41) is 14.9. The first-order chi connectivity index (χ1) is 16.4. The topological polar surface area (TPSA) is 112 Å². The zero-order chi connectivity index (χ0) is 26.2. The summed E-state index contributed by atoms with van der Waals surface area (Å²) >= 11 is 0. The summed E-state index contributed by atoms with van der Waals surface area (Å²) in [5.74, 6) is -0.992. The van der Waals surface area contributed by atoms with Crippen LogP contribution in [0.15, 0.2) is 48.5 Å². The molecule has 2 aromatic rings. The van der Waals surface area contributed by atoms with Crippen molar-refractivity contribution in [3.05, 3.63) is 70.8 Å². The van der Waals surface area contributed by atoms with E-state index in [9.17, 15) is 19.6 Å². The van der Waals surface area contributed by atoms with Crippen LogP contribution in [0.4, 0.5) is 4.79 Å². The lowest BCUT2D eigenvalue weighted by molar-refractivity contribution is -0.141. The molecule has 2 N–H and O–H groups in total. The van der Waals surface area contributed by atoms with Gasteiger partial charge in [-0.1, -0.05) is 54.1 Å². The molecule has 0 spiro atoms.